The third kappa shape index (κ3) is 1.31. The lowest BCUT2D eigenvalue weighted by Gasteiger charge is -2.04. The van der Waals surface area contributed by atoms with E-state index in [1.165, 1.54) is 10.8 Å². The molecule has 1 aromatic rings. The smallest absolute Gasteiger partial charge is 0.299 e. The Bertz CT molecular complexity index is 332. The highest BCUT2D eigenvalue weighted by Crippen LogP contribution is 2.00. The summed E-state index contributed by atoms with van der Waals surface area (Å²) in [6.07, 6.45) is 1.87. The molecular weight excluding hydrogens is 160 g/mol. The van der Waals surface area contributed by atoms with Crippen LogP contribution in [-0.2, 0) is 13.5 Å². The van der Waals surface area contributed by atoms with E-state index in [0.29, 0.717) is 12.2 Å². The lowest BCUT2D eigenvalue weighted by Crippen LogP contribution is -2.22. The van der Waals surface area contributed by atoms with Crippen molar-refractivity contribution in [2.45, 2.75) is 13.3 Å². The molecule has 0 aliphatic rings. The van der Waals surface area contributed by atoms with Crippen LogP contribution in [0.2, 0.25) is 0 Å². The lowest BCUT2D eigenvalue weighted by molar-refractivity contribution is -0.139. The van der Waals surface area contributed by atoms with E-state index in [2.05, 4.69) is 9.87 Å². The molecule has 1 N–H and O–H groups in total. The fourth-order valence-electron chi connectivity index (χ4n) is 0.949. The number of hydrogen-bond donors (Lipinski definition) is 1. The van der Waals surface area contributed by atoms with Gasteiger partial charge in [-0.05, 0) is 0 Å². The fraction of sp³-hybridized carbons (Fsp3) is 0.429. The van der Waals surface area contributed by atoms with Gasteiger partial charge >= 0.3 is 0 Å². The molecule has 1 heterocycles. The van der Waals surface area contributed by atoms with Crippen LogP contribution in [-0.4, -0.2) is 14.8 Å². The first-order chi connectivity index (χ1) is 5.70. The Morgan fingerprint density at radius 2 is 2.42 bits per heavy atom. The van der Waals surface area contributed by atoms with Crippen LogP contribution in [0.25, 0.3) is 0 Å². The highest BCUT2D eigenvalue weighted by atomic mass is 17.1. The third-order valence-corrected chi connectivity index (χ3v) is 1.65. The Balaban J connectivity index is 3.30. The molecule has 0 aromatic carbocycles. The van der Waals surface area contributed by atoms with E-state index in [9.17, 15) is 4.79 Å². The second-order valence-electron chi connectivity index (χ2n) is 2.35. The van der Waals surface area contributed by atoms with Crippen molar-refractivity contribution in [3.05, 3.63) is 22.4 Å². The van der Waals surface area contributed by atoms with Crippen LogP contribution < -0.4 is 10.4 Å². The van der Waals surface area contributed by atoms with Crippen LogP contribution in [0.15, 0.2) is 11.0 Å². The minimum Gasteiger partial charge on any atom is -0.333 e. The topological polar surface area (TPSA) is 64.3 Å². The number of aromatic nitrogens is 2. The predicted molar refractivity (Wildman–Crippen MR) is 42.1 cm³/mol. The molecular formula is C7H10N2O3. The summed E-state index contributed by atoms with van der Waals surface area (Å²) in [5.41, 5.74) is -0.385. The molecule has 0 saturated carbocycles. The van der Waals surface area contributed by atoms with Crippen LogP contribution in [0.1, 0.15) is 12.7 Å². The van der Waals surface area contributed by atoms with Gasteiger partial charge in [-0.25, -0.2) is 10.2 Å². The number of nitrogens with zero attached hydrogens (tertiary/aromatic N) is 2. The summed E-state index contributed by atoms with van der Waals surface area (Å²) in [4.78, 5) is 19.0. The molecule has 0 unspecified atom stereocenters. The van der Waals surface area contributed by atoms with Crippen molar-refractivity contribution in [2.24, 2.45) is 7.05 Å². The van der Waals surface area contributed by atoms with E-state index in [-0.39, 0.29) is 11.3 Å². The van der Waals surface area contributed by atoms with Crippen molar-refractivity contribution in [3.8, 4) is 5.75 Å². The average molecular weight is 170 g/mol. The van der Waals surface area contributed by atoms with Crippen LogP contribution in [0.5, 0.6) is 5.75 Å². The Morgan fingerprint density at radius 3 is 2.92 bits per heavy atom. The highest BCUT2D eigenvalue weighted by Gasteiger charge is 2.05. The first-order valence-corrected chi connectivity index (χ1v) is 3.57. The lowest BCUT2D eigenvalue weighted by atomic mass is 10.4. The van der Waals surface area contributed by atoms with E-state index in [4.69, 9.17) is 5.26 Å². The zero-order valence-corrected chi connectivity index (χ0v) is 6.94. The van der Waals surface area contributed by atoms with Gasteiger partial charge in [-0.1, -0.05) is 6.92 Å². The van der Waals surface area contributed by atoms with E-state index < -0.39 is 0 Å². The van der Waals surface area contributed by atoms with E-state index in [0.717, 1.165) is 0 Å². The van der Waals surface area contributed by atoms with Gasteiger partial charge in [-0.2, -0.15) is 0 Å². The molecule has 66 valence electrons. The minimum atomic E-state index is -0.385. The van der Waals surface area contributed by atoms with Crippen molar-refractivity contribution >= 4 is 0 Å². The minimum absolute atomic E-state index is 0.158. The Hall–Kier alpha value is -1.36. The number of hydrogen-bond acceptors (Lipinski definition) is 4. The van der Waals surface area contributed by atoms with Crippen molar-refractivity contribution in [2.75, 3.05) is 0 Å². The van der Waals surface area contributed by atoms with Gasteiger partial charge in [0.15, 0.2) is 0 Å². The molecule has 0 saturated heterocycles. The van der Waals surface area contributed by atoms with Gasteiger partial charge in [-0.15, -0.1) is 0 Å². The van der Waals surface area contributed by atoms with Crippen molar-refractivity contribution in [1.29, 1.82) is 0 Å². The Labute approximate surface area is 69.2 Å². The standard InChI is InChI=1S/C7H10N2O3/c1-3-6-8-4-5(12-11)7(10)9(6)2/h4,11H,3H2,1-2H3. The summed E-state index contributed by atoms with van der Waals surface area (Å²) in [7, 11) is 1.58. The molecule has 12 heavy (non-hydrogen) atoms. The molecule has 0 aliphatic carbocycles. The molecule has 0 fully saturated rings. The molecule has 1 aromatic heterocycles. The Kier molecular flexibility index (Phi) is 2.44. The quantitative estimate of drug-likeness (QED) is 0.508. The largest absolute Gasteiger partial charge is 0.333 e. The Morgan fingerprint density at radius 1 is 1.75 bits per heavy atom. The maximum atomic E-state index is 11.2. The maximum absolute atomic E-state index is 11.2. The number of aryl methyl sites for hydroxylation is 1. The van der Waals surface area contributed by atoms with Crippen molar-refractivity contribution in [3.63, 3.8) is 0 Å². The van der Waals surface area contributed by atoms with Crippen molar-refractivity contribution < 1.29 is 10.1 Å². The predicted octanol–water partition coefficient (Wildman–Crippen LogP) is 0.194. The molecule has 0 amide bonds. The normalized spacial score (nSPS) is 9.92. The van der Waals surface area contributed by atoms with Crippen LogP contribution in [0.3, 0.4) is 0 Å². The van der Waals surface area contributed by atoms with Gasteiger partial charge in [0.25, 0.3) is 5.56 Å². The monoisotopic (exact) mass is 170 g/mol. The van der Waals surface area contributed by atoms with Crippen LogP contribution in [0, 0.1) is 0 Å². The molecule has 1 rings (SSSR count). The molecule has 0 bridgehead atoms. The molecule has 0 aliphatic heterocycles. The summed E-state index contributed by atoms with van der Waals surface area (Å²) < 4.78 is 1.34. The van der Waals surface area contributed by atoms with Crippen LogP contribution in [0.4, 0.5) is 0 Å². The second kappa shape index (κ2) is 3.36. The van der Waals surface area contributed by atoms with Gasteiger partial charge in [0, 0.05) is 13.5 Å². The van der Waals surface area contributed by atoms with Gasteiger partial charge in [-0.3, -0.25) is 9.36 Å². The zero-order chi connectivity index (χ0) is 9.14. The van der Waals surface area contributed by atoms with Gasteiger partial charge in [0.1, 0.15) is 5.82 Å². The van der Waals surface area contributed by atoms with E-state index >= 15 is 0 Å². The summed E-state index contributed by atoms with van der Waals surface area (Å²) in [5, 5.41) is 8.25. The molecule has 0 spiro atoms. The molecule has 0 atom stereocenters. The highest BCUT2D eigenvalue weighted by molar-refractivity contribution is 5.13. The van der Waals surface area contributed by atoms with Crippen molar-refractivity contribution in [1.82, 2.24) is 9.55 Å². The summed E-state index contributed by atoms with van der Waals surface area (Å²) in [6, 6.07) is 0. The van der Waals surface area contributed by atoms with Gasteiger partial charge in [0.05, 0.1) is 6.20 Å². The fourth-order valence-corrected chi connectivity index (χ4v) is 0.949. The van der Waals surface area contributed by atoms with Crippen LogP contribution >= 0.6 is 0 Å². The first kappa shape index (κ1) is 8.73. The van der Waals surface area contributed by atoms with E-state index in [1.54, 1.807) is 7.05 Å². The van der Waals surface area contributed by atoms with Gasteiger partial charge in [0.2, 0.25) is 5.75 Å². The first-order valence-electron chi connectivity index (χ1n) is 3.57. The number of rotatable bonds is 2. The third-order valence-electron chi connectivity index (χ3n) is 1.65. The second-order valence-corrected chi connectivity index (χ2v) is 2.35. The SMILES string of the molecule is CCc1ncc(OO)c(=O)n1C. The van der Waals surface area contributed by atoms with Gasteiger partial charge < -0.3 is 4.89 Å². The molecule has 5 nitrogen and oxygen atoms in total. The average Bonchev–Trinajstić information content (AvgIpc) is 2.10. The summed E-state index contributed by atoms with van der Waals surface area (Å²) >= 11 is 0. The summed E-state index contributed by atoms with van der Waals surface area (Å²) in [6.45, 7) is 1.89. The summed E-state index contributed by atoms with van der Waals surface area (Å²) in [5.74, 6) is 0.496. The molecule has 5 heteroatoms. The molecule has 0 radical (unpaired) electrons. The van der Waals surface area contributed by atoms with E-state index in [1.807, 2.05) is 6.92 Å². The zero-order valence-electron chi connectivity index (χ0n) is 6.94. The maximum Gasteiger partial charge on any atom is 0.299 e.